The van der Waals surface area contributed by atoms with Gasteiger partial charge in [0.15, 0.2) is 16.6 Å². The van der Waals surface area contributed by atoms with Gasteiger partial charge in [0.05, 0.1) is 6.26 Å². The van der Waals surface area contributed by atoms with E-state index in [1.54, 1.807) is 10.8 Å². The second-order valence-corrected chi connectivity index (χ2v) is 5.75. The van der Waals surface area contributed by atoms with Crippen LogP contribution in [0.25, 0.3) is 15.7 Å². The Balaban J connectivity index is 1.58. The third kappa shape index (κ3) is 2.35. The number of ether oxygens (including phenoxy) is 1. The lowest BCUT2D eigenvalue weighted by molar-refractivity contribution is 0.292. The highest BCUT2D eigenvalue weighted by Gasteiger charge is 2.14. The first kappa shape index (κ1) is 13.0. The van der Waals surface area contributed by atoms with Crippen LogP contribution in [0.1, 0.15) is 11.4 Å². The van der Waals surface area contributed by atoms with E-state index in [1.807, 2.05) is 43.3 Å². The summed E-state index contributed by atoms with van der Waals surface area (Å²) in [4.78, 5) is 0.717. The van der Waals surface area contributed by atoms with E-state index in [0.717, 1.165) is 16.5 Å². The molecule has 0 fully saturated rings. The molecule has 0 amide bonds. The summed E-state index contributed by atoms with van der Waals surface area (Å²) in [6.45, 7) is 2.35. The minimum Gasteiger partial charge on any atom is -0.486 e. The molecule has 0 aliphatic heterocycles. The summed E-state index contributed by atoms with van der Waals surface area (Å²) in [5.74, 6) is 2.18. The molecule has 0 N–H and O–H groups in total. The fraction of sp³-hybridized carbons (Fsp3) is 0.133. The van der Waals surface area contributed by atoms with Crippen molar-refractivity contribution >= 4 is 16.3 Å². The predicted molar refractivity (Wildman–Crippen MR) is 81.9 cm³/mol. The summed E-state index contributed by atoms with van der Waals surface area (Å²) < 4.78 is 12.8. The molecular formula is C15H12N4O2S. The molecule has 0 saturated carbocycles. The average Bonchev–Trinajstić information content (AvgIpc) is 3.23. The first-order valence-electron chi connectivity index (χ1n) is 6.74. The van der Waals surface area contributed by atoms with E-state index in [9.17, 15) is 0 Å². The second kappa shape index (κ2) is 5.27. The molecule has 4 aromatic rings. The molecule has 0 radical (unpaired) electrons. The molecule has 22 heavy (non-hydrogen) atoms. The number of furan rings is 1. The van der Waals surface area contributed by atoms with E-state index in [2.05, 4.69) is 15.3 Å². The smallest absolute Gasteiger partial charge is 0.235 e. The highest BCUT2D eigenvalue weighted by Crippen LogP contribution is 2.25. The maximum absolute atomic E-state index is 5.73. The quantitative estimate of drug-likeness (QED) is 0.578. The normalized spacial score (nSPS) is 11.1. The lowest BCUT2D eigenvalue weighted by Crippen LogP contribution is -2.02. The van der Waals surface area contributed by atoms with Crippen molar-refractivity contribution in [3.63, 3.8) is 0 Å². The predicted octanol–water partition coefficient (Wildman–Crippen LogP) is 3.33. The number of fused-ring (bicyclic) bond motifs is 1. The largest absolute Gasteiger partial charge is 0.486 e. The van der Waals surface area contributed by atoms with Crippen LogP contribution in [-0.2, 0) is 6.61 Å². The van der Waals surface area contributed by atoms with Gasteiger partial charge in [0.1, 0.15) is 12.4 Å². The molecule has 3 aromatic heterocycles. The van der Waals surface area contributed by atoms with E-state index < -0.39 is 0 Å². The Labute approximate surface area is 130 Å². The maximum Gasteiger partial charge on any atom is 0.235 e. The zero-order valence-corrected chi connectivity index (χ0v) is 12.6. The highest BCUT2D eigenvalue weighted by atomic mass is 32.1. The molecule has 0 aliphatic carbocycles. The van der Waals surface area contributed by atoms with Crippen LogP contribution in [0.3, 0.4) is 0 Å². The van der Waals surface area contributed by atoms with Gasteiger partial charge in [-0.25, -0.2) is 0 Å². The third-order valence-electron chi connectivity index (χ3n) is 3.18. The van der Waals surface area contributed by atoms with Gasteiger partial charge in [0.25, 0.3) is 0 Å². The minimum atomic E-state index is 0.311. The van der Waals surface area contributed by atoms with Crippen LogP contribution in [0, 0.1) is 6.92 Å². The monoisotopic (exact) mass is 312 g/mol. The Morgan fingerprint density at radius 3 is 2.82 bits per heavy atom. The van der Waals surface area contributed by atoms with Gasteiger partial charge in [-0.15, -0.1) is 15.3 Å². The lowest BCUT2D eigenvalue weighted by atomic mass is 10.2. The van der Waals surface area contributed by atoms with E-state index in [4.69, 9.17) is 9.15 Å². The van der Waals surface area contributed by atoms with Crippen molar-refractivity contribution in [1.29, 1.82) is 0 Å². The summed E-state index contributed by atoms with van der Waals surface area (Å²) in [5, 5.41) is 13.5. The van der Waals surface area contributed by atoms with Gasteiger partial charge in [0, 0.05) is 0 Å². The number of aromatic nitrogens is 4. The molecular weight excluding hydrogens is 300 g/mol. The summed E-state index contributed by atoms with van der Waals surface area (Å²) in [5.41, 5.74) is 1.19. The van der Waals surface area contributed by atoms with Gasteiger partial charge >= 0.3 is 0 Å². The molecule has 0 atom stereocenters. The molecule has 3 heterocycles. The van der Waals surface area contributed by atoms with Crippen LogP contribution in [0.5, 0.6) is 5.75 Å². The fourth-order valence-electron chi connectivity index (χ4n) is 2.03. The van der Waals surface area contributed by atoms with Crippen LogP contribution >= 0.6 is 11.3 Å². The summed E-state index contributed by atoms with van der Waals surface area (Å²) in [6.07, 6.45) is 1.62. The molecule has 110 valence electrons. The van der Waals surface area contributed by atoms with Gasteiger partial charge in [-0.1, -0.05) is 29.0 Å². The minimum absolute atomic E-state index is 0.311. The Morgan fingerprint density at radius 2 is 2.05 bits per heavy atom. The molecule has 7 heteroatoms. The SMILES string of the molecule is Cc1ccc(OCc2nnc3sc(-c4ccco4)nn23)cc1. The fourth-order valence-corrected chi connectivity index (χ4v) is 2.86. The Bertz CT molecular complexity index is 894. The molecule has 0 bridgehead atoms. The van der Waals surface area contributed by atoms with E-state index in [1.165, 1.54) is 16.9 Å². The molecule has 0 spiro atoms. The molecule has 0 aliphatic rings. The summed E-state index contributed by atoms with van der Waals surface area (Å²) >= 11 is 1.43. The Hall–Kier alpha value is -2.67. The molecule has 4 rings (SSSR count). The first-order chi connectivity index (χ1) is 10.8. The van der Waals surface area contributed by atoms with Crippen molar-refractivity contribution < 1.29 is 9.15 Å². The highest BCUT2D eigenvalue weighted by molar-refractivity contribution is 7.19. The lowest BCUT2D eigenvalue weighted by Gasteiger charge is -2.03. The number of hydrogen-bond donors (Lipinski definition) is 0. The molecule has 0 unspecified atom stereocenters. The van der Waals surface area contributed by atoms with E-state index in [-0.39, 0.29) is 0 Å². The van der Waals surface area contributed by atoms with Crippen LogP contribution in [-0.4, -0.2) is 19.8 Å². The zero-order valence-electron chi connectivity index (χ0n) is 11.8. The number of aryl methyl sites for hydroxylation is 1. The molecule has 6 nitrogen and oxygen atoms in total. The van der Waals surface area contributed by atoms with Gasteiger partial charge in [-0.3, -0.25) is 0 Å². The van der Waals surface area contributed by atoms with Gasteiger partial charge < -0.3 is 9.15 Å². The van der Waals surface area contributed by atoms with Gasteiger partial charge in [-0.2, -0.15) is 4.52 Å². The Morgan fingerprint density at radius 1 is 1.18 bits per heavy atom. The van der Waals surface area contributed by atoms with Crippen LogP contribution in [0.15, 0.2) is 47.1 Å². The third-order valence-corrected chi connectivity index (χ3v) is 4.09. The molecule has 1 aromatic carbocycles. The van der Waals surface area contributed by atoms with E-state index >= 15 is 0 Å². The van der Waals surface area contributed by atoms with Crippen LogP contribution in [0.4, 0.5) is 0 Å². The Kier molecular flexibility index (Phi) is 3.12. The van der Waals surface area contributed by atoms with Crippen LogP contribution < -0.4 is 4.74 Å². The summed E-state index contributed by atoms with van der Waals surface area (Å²) in [6, 6.07) is 11.6. The number of nitrogens with zero attached hydrogens (tertiary/aromatic N) is 4. The van der Waals surface area contributed by atoms with Crippen molar-refractivity contribution in [3.05, 3.63) is 54.0 Å². The number of rotatable bonds is 4. The van der Waals surface area contributed by atoms with Crippen molar-refractivity contribution in [2.45, 2.75) is 13.5 Å². The number of hydrogen-bond acceptors (Lipinski definition) is 6. The van der Waals surface area contributed by atoms with Crippen molar-refractivity contribution in [2.75, 3.05) is 0 Å². The maximum atomic E-state index is 5.73. The summed E-state index contributed by atoms with van der Waals surface area (Å²) in [7, 11) is 0. The number of benzene rings is 1. The van der Waals surface area contributed by atoms with Crippen molar-refractivity contribution in [1.82, 2.24) is 19.8 Å². The van der Waals surface area contributed by atoms with Gasteiger partial charge in [0.2, 0.25) is 4.96 Å². The second-order valence-electron chi connectivity index (χ2n) is 4.80. The van der Waals surface area contributed by atoms with Gasteiger partial charge in [-0.05, 0) is 31.2 Å². The zero-order chi connectivity index (χ0) is 14.9. The van der Waals surface area contributed by atoms with Crippen LogP contribution in [0.2, 0.25) is 0 Å². The molecule has 0 saturated heterocycles. The standard InChI is InChI=1S/C15H12N4O2S/c1-10-4-6-11(7-5-10)21-9-13-16-17-15-19(13)18-14(22-15)12-3-2-8-20-12/h2-8H,9H2,1H3. The van der Waals surface area contributed by atoms with Crippen molar-refractivity contribution in [2.24, 2.45) is 0 Å². The average molecular weight is 312 g/mol. The van der Waals surface area contributed by atoms with Crippen molar-refractivity contribution in [3.8, 4) is 16.5 Å². The van der Waals surface area contributed by atoms with E-state index in [0.29, 0.717) is 17.4 Å². The first-order valence-corrected chi connectivity index (χ1v) is 7.56. The topological polar surface area (TPSA) is 65.5 Å².